The van der Waals surface area contributed by atoms with Crippen LogP contribution in [0.1, 0.15) is 51.9 Å². The van der Waals surface area contributed by atoms with Gasteiger partial charge in [0, 0.05) is 5.75 Å². The molecule has 0 aliphatic carbocycles. The van der Waals surface area contributed by atoms with Gasteiger partial charge in [-0.3, -0.25) is 0 Å². The molecule has 0 N–H and O–H groups in total. The fourth-order valence-corrected chi connectivity index (χ4v) is 2.63. The van der Waals surface area contributed by atoms with Gasteiger partial charge in [-0.1, -0.05) is 26.2 Å². The van der Waals surface area contributed by atoms with E-state index in [0.717, 1.165) is 24.0 Å². The van der Waals surface area contributed by atoms with Gasteiger partial charge in [0.1, 0.15) is 0 Å². The first-order valence-corrected chi connectivity index (χ1v) is 8.60. The summed E-state index contributed by atoms with van der Waals surface area (Å²) in [6.07, 6.45) is 7.70. The highest BCUT2D eigenvalue weighted by Gasteiger charge is 2.13. The summed E-state index contributed by atoms with van der Waals surface area (Å²) in [5.74, 6) is -0.219. The number of nitrogens with zero attached hydrogens (tertiary/aromatic N) is 1. The highest BCUT2D eigenvalue weighted by molar-refractivity contribution is 7.85. The summed E-state index contributed by atoms with van der Waals surface area (Å²) in [5.41, 5.74) is 0. The molecule has 0 radical (unpaired) electrons. The Morgan fingerprint density at radius 2 is 1.39 bits per heavy atom. The van der Waals surface area contributed by atoms with Crippen molar-refractivity contribution in [1.82, 2.24) is 0 Å². The zero-order valence-electron chi connectivity index (χ0n) is 12.2. The fourth-order valence-electron chi connectivity index (χ4n) is 2.07. The highest BCUT2D eigenvalue weighted by Crippen LogP contribution is 2.08. The predicted molar refractivity (Wildman–Crippen MR) is 74.4 cm³/mol. The average Bonchev–Trinajstić information content (AvgIpc) is 2.23. The first-order chi connectivity index (χ1) is 8.27. The van der Waals surface area contributed by atoms with Gasteiger partial charge in [0.05, 0.1) is 37.3 Å². The average molecular weight is 279 g/mol. The number of unbranched alkanes of at least 4 members (excludes halogenated alkanes) is 5. The molecule has 0 aliphatic heterocycles. The van der Waals surface area contributed by atoms with Gasteiger partial charge in [0.25, 0.3) is 0 Å². The molecule has 0 bridgehead atoms. The Morgan fingerprint density at radius 1 is 0.889 bits per heavy atom. The molecule has 0 aromatic rings. The summed E-state index contributed by atoms with van der Waals surface area (Å²) in [6, 6.07) is 0. The van der Waals surface area contributed by atoms with Gasteiger partial charge < -0.3 is 9.04 Å². The monoisotopic (exact) mass is 279 g/mol. The highest BCUT2D eigenvalue weighted by atomic mass is 32.2. The van der Waals surface area contributed by atoms with Gasteiger partial charge in [0.2, 0.25) is 0 Å². The molecular formula is C13H29NO3S. The Bertz CT molecular complexity index is 299. The first kappa shape index (κ1) is 17.9. The molecule has 0 atom stereocenters. The SMILES string of the molecule is CCCCCCC[N+](C)(C)CCCCS(=O)(=O)[O-]. The molecule has 0 aromatic heterocycles. The lowest BCUT2D eigenvalue weighted by Crippen LogP contribution is -2.41. The van der Waals surface area contributed by atoms with Crippen molar-refractivity contribution in [2.45, 2.75) is 51.9 Å². The molecule has 18 heavy (non-hydrogen) atoms. The van der Waals surface area contributed by atoms with Crippen LogP contribution in [0.15, 0.2) is 0 Å². The van der Waals surface area contributed by atoms with Crippen LogP contribution < -0.4 is 0 Å². The van der Waals surface area contributed by atoms with Crippen LogP contribution in [0.25, 0.3) is 0 Å². The van der Waals surface area contributed by atoms with Crippen molar-refractivity contribution in [3.8, 4) is 0 Å². The minimum Gasteiger partial charge on any atom is -0.748 e. The molecule has 5 heteroatoms. The van der Waals surface area contributed by atoms with E-state index in [2.05, 4.69) is 21.0 Å². The third kappa shape index (κ3) is 12.3. The lowest BCUT2D eigenvalue weighted by molar-refractivity contribution is -0.890. The molecule has 4 nitrogen and oxygen atoms in total. The van der Waals surface area contributed by atoms with Crippen LogP contribution in [-0.2, 0) is 10.1 Å². The Morgan fingerprint density at radius 3 is 1.89 bits per heavy atom. The van der Waals surface area contributed by atoms with E-state index in [1.165, 1.54) is 32.1 Å². The van der Waals surface area contributed by atoms with Gasteiger partial charge in [-0.2, -0.15) is 0 Å². The van der Waals surface area contributed by atoms with Gasteiger partial charge in [-0.15, -0.1) is 0 Å². The van der Waals surface area contributed by atoms with Crippen molar-refractivity contribution in [2.24, 2.45) is 0 Å². The van der Waals surface area contributed by atoms with Crippen LogP contribution in [0.3, 0.4) is 0 Å². The molecule has 0 saturated carbocycles. The van der Waals surface area contributed by atoms with Crippen LogP contribution in [0.2, 0.25) is 0 Å². The maximum Gasteiger partial charge on any atom is 0.0945 e. The van der Waals surface area contributed by atoms with Crippen molar-refractivity contribution >= 4 is 10.1 Å². The van der Waals surface area contributed by atoms with Crippen LogP contribution >= 0.6 is 0 Å². The van der Waals surface area contributed by atoms with Crippen molar-refractivity contribution in [3.05, 3.63) is 0 Å². The molecule has 0 heterocycles. The van der Waals surface area contributed by atoms with Crippen molar-refractivity contribution in [3.63, 3.8) is 0 Å². The summed E-state index contributed by atoms with van der Waals surface area (Å²) in [6.45, 7) is 4.29. The Kier molecular flexibility index (Phi) is 8.82. The van der Waals surface area contributed by atoms with Gasteiger partial charge in [-0.05, 0) is 25.7 Å². The van der Waals surface area contributed by atoms with Crippen molar-refractivity contribution in [1.29, 1.82) is 0 Å². The van der Waals surface area contributed by atoms with E-state index in [0.29, 0.717) is 6.42 Å². The molecule has 0 aliphatic rings. The van der Waals surface area contributed by atoms with E-state index in [1.54, 1.807) is 0 Å². The number of quaternary nitrogens is 1. The second-order valence-corrected chi connectivity index (χ2v) is 7.29. The zero-order chi connectivity index (χ0) is 14.1. The topological polar surface area (TPSA) is 57.2 Å². The molecule has 0 amide bonds. The minimum atomic E-state index is -4.03. The van der Waals surface area contributed by atoms with E-state index in [1.807, 2.05) is 0 Å². The number of hydrogen-bond acceptors (Lipinski definition) is 3. The molecule has 0 unspecified atom stereocenters. The van der Waals surface area contributed by atoms with Crippen molar-refractivity contribution in [2.75, 3.05) is 32.9 Å². The summed E-state index contributed by atoms with van der Waals surface area (Å²) < 4.78 is 32.3. The molecule has 0 aromatic carbocycles. The third-order valence-corrected chi connectivity index (χ3v) is 4.06. The van der Waals surface area contributed by atoms with Gasteiger partial charge in [-0.25, -0.2) is 8.42 Å². The van der Waals surface area contributed by atoms with E-state index in [4.69, 9.17) is 0 Å². The van der Waals surface area contributed by atoms with Crippen LogP contribution in [-0.4, -0.2) is 50.4 Å². The Labute approximate surface area is 113 Å². The van der Waals surface area contributed by atoms with Crippen LogP contribution in [0, 0.1) is 0 Å². The third-order valence-electron chi connectivity index (χ3n) is 3.27. The number of rotatable bonds is 11. The molecule has 110 valence electrons. The largest absolute Gasteiger partial charge is 0.748 e. The fraction of sp³-hybridized carbons (Fsp3) is 1.00. The van der Waals surface area contributed by atoms with Gasteiger partial charge >= 0.3 is 0 Å². The van der Waals surface area contributed by atoms with Crippen LogP contribution in [0.5, 0.6) is 0 Å². The second kappa shape index (κ2) is 8.88. The Balaban J connectivity index is 3.60. The normalized spacial score (nSPS) is 12.9. The quantitative estimate of drug-likeness (QED) is 0.331. The molecular weight excluding hydrogens is 250 g/mol. The second-order valence-electron chi connectivity index (χ2n) is 5.77. The van der Waals surface area contributed by atoms with Crippen molar-refractivity contribution < 1.29 is 17.5 Å². The molecule has 0 saturated heterocycles. The lowest BCUT2D eigenvalue weighted by atomic mass is 10.1. The Hall–Kier alpha value is -0.130. The molecule has 0 rings (SSSR count). The summed E-state index contributed by atoms with van der Waals surface area (Å²) in [7, 11) is 0.318. The van der Waals surface area contributed by atoms with Crippen LogP contribution in [0.4, 0.5) is 0 Å². The summed E-state index contributed by atoms with van der Waals surface area (Å²) in [4.78, 5) is 0. The van der Waals surface area contributed by atoms with E-state index in [9.17, 15) is 13.0 Å². The minimum absolute atomic E-state index is 0.219. The summed E-state index contributed by atoms with van der Waals surface area (Å²) in [5, 5.41) is 0. The standard InChI is InChI=1S/C13H29NO3S/c1-4-5-6-7-8-11-14(2,3)12-9-10-13-18(15,16)17/h4-13H2,1-3H3. The smallest absolute Gasteiger partial charge is 0.0945 e. The molecule has 0 fully saturated rings. The maximum atomic E-state index is 10.5. The summed E-state index contributed by atoms with van der Waals surface area (Å²) >= 11 is 0. The first-order valence-electron chi connectivity index (χ1n) is 7.02. The van der Waals surface area contributed by atoms with E-state index < -0.39 is 10.1 Å². The maximum absolute atomic E-state index is 10.5. The van der Waals surface area contributed by atoms with E-state index in [-0.39, 0.29) is 5.75 Å². The zero-order valence-corrected chi connectivity index (χ0v) is 13.0. The lowest BCUT2D eigenvalue weighted by Gasteiger charge is -2.30. The number of hydrogen-bond donors (Lipinski definition) is 0. The predicted octanol–water partition coefficient (Wildman–Crippen LogP) is 2.36. The van der Waals surface area contributed by atoms with E-state index >= 15 is 0 Å². The molecule has 0 spiro atoms. The van der Waals surface area contributed by atoms with Gasteiger partial charge in [0.15, 0.2) is 0 Å².